The molecule has 2 heterocycles. The molecule has 12 heavy (non-hydrogen) atoms. The quantitative estimate of drug-likeness (QED) is 0.563. The Kier molecular flexibility index (Phi) is 1.30. The number of nitrogens with one attached hydrogen (secondary N) is 2. The summed E-state index contributed by atoms with van der Waals surface area (Å²) in [6.45, 7) is 2.27. The average Bonchev–Trinajstić information content (AvgIpc) is 2.31. The van der Waals surface area contributed by atoms with E-state index in [2.05, 4.69) is 10.3 Å². The smallest absolute Gasteiger partial charge is 0.261 e. The van der Waals surface area contributed by atoms with Crippen LogP contribution in [0.2, 0.25) is 0 Å². The Morgan fingerprint density at radius 3 is 2.92 bits per heavy atom. The normalized spacial score (nSPS) is 14.2. The highest BCUT2D eigenvalue weighted by molar-refractivity contribution is 5.97. The van der Waals surface area contributed by atoms with Crippen molar-refractivity contribution >= 4 is 5.91 Å². The molecular weight excluding hydrogens is 156 g/mol. The van der Waals surface area contributed by atoms with E-state index in [0.717, 1.165) is 11.3 Å². The molecule has 0 spiro atoms. The van der Waals surface area contributed by atoms with E-state index >= 15 is 0 Å². The molecule has 1 aromatic rings. The monoisotopic (exact) mass is 164 g/mol. The lowest BCUT2D eigenvalue weighted by Gasteiger charge is -1.95. The Morgan fingerprint density at radius 2 is 2.17 bits per heavy atom. The lowest BCUT2D eigenvalue weighted by molar-refractivity contribution is 0.0964. The zero-order valence-electron chi connectivity index (χ0n) is 6.60. The summed E-state index contributed by atoms with van der Waals surface area (Å²) in [6, 6.07) is 1.81. The Bertz CT molecular complexity index is 406. The topological polar surface area (TPSA) is 62.0 Å². The first-order chi connectivity index (χ1) is 5.68. The molecule has 1 amide bonds. The van der Waals surface area contributed by atoms with Crippen LogP contribution in [0.25, 0.3) is 0 Å². The Hall–Kier alpha value is -1.58. The van der Waals surface area contributed by atoms with Gasteiger partial charge in [-0.25, -0.2) is 0 Å². The first-order valence-corrected chi connectivity index (χ1v) is 3.69. The number of hydrogen-bond donors (Lipinski definition) is 2. The molecule has 0 radical (unpaired) electrons. The number of hydrogen-bond acceptors (Lipinski definition) is 2. The zero-order chi connectivity index (χ0) is 8.72. The molecule has 0 unspecified atom stereocenters. The van der Waals surface area contributed by atoms with Crippen molar-refractivity contribution in [3.05, 3.63) is 33.2 Å². The number of amides is 1. The molecule has 2 N–H and O–H groups in total. The van der Waals surface area contributed by atoms with Crippen LogP contribution in [0.1, 0.15) is 21.6 Å². The van der Waals surface area contributed by atoms with E-state index in [0.29, 0.717) is 6.54 Å². The minimum atomic E-state index is -0.292. The minimum absolute atomic E-state index is 0.264. The van der Waals surface area contributed by atoms with Gasteiger partial charge in [0.15, 0.2) is 0 Å². The molecule has 4 heteroatoms. The van der Waals surface area contributed by atoms with Crippen LogP contribution in [0, 0.1) is 6.92 Å². The van der Waals surface area contributed by atoms with E-state index < -0.39 is 0 Å². The highest BCUT2D eigenvalue weighted by Crippen LogP contribution is 2.10. The van der Waals surface area contributed by atoms with E-state index in [9.17, 15) is 9.59 Å². The Labute approximate surface area is 68.6 Å². The van der Waals surface area contributed by atoms with E-state index in [1.807, 2.05) is 6.07 Å². The molecule has 0 saturated carbocycles. The van der Waals surface area contributed by atoms with Crippen LogP contribution in [0.4, 0.5) is 0 Å². The van der Waals surface area contributed by atoms with Crippen molar-refractivity contribution in [2.24, 2.45) is 0 Å². The number of aromatic nitrogens is 1. The SMILES string of the molecule is Cc1cc2c(c(=O)[nH]1)C(=O)NC2. The molecular formula is C8H8N2O2. The third kappa shape index (κ3) is 0.845. The molecule has 0 bridgehead atoms. The first-order valence-electron chi connectivity index (χ1n) is 3.69. The second-order valence-corrected chi connectivity index (χ2v) is 2.86. The Balaban J connectivity index is 2.77. The van der Waals surface area contributed by atoms with Crippen molar-refractivity contribution < 1.29 is 4.79 Å². The summed E-state index contributed by atoms with van der Waals surface area (Å²) in [5.41, 5.74) is 1.55. The number of aromatic amines is 1. The van der Waals surface area contributed by atoms with Gasteiger partial charge in [0.2, 0.25) is 0 Å². The van der Waals surface area contributed by atoms with Gasteiger partial charge in [-0.15, -0.1) is 0 Å². The number of fused-ring (bicyclic) bond motifs is 1. The molecule has 0 atom stereocenters. The number of rotatable bonds is 0. The van der Waals surface area contributed by atoms with Crippen LogP contribution in [0.5, 0.6) is 0 Å². The summed E-state index contributed by atoms with van der Waals surface area (Å²) in [6.07, 6.45) is 0. The number of carbonyl (C=O) groups is 1. The van der Waals surface area contributed by atoms with Gasteiger partial charge >= 0.3 is 0 Å². The molecule has 0 fully saturated rings. The molecule has 1 aliphatic heterocycles. The fourth-order valence-electron chi connectivity index (χ4n) is 1.41. The van der Waals surface area contributed by atoms with Gasteiger partial charge in [0, 0.05) is 12.2 Å². The standard InChI is InChI=1S/C8H8N2O2/c1-4-2-5-3-9-7(11)6(5)8(12)10-4/h2H,3H2,1H3,(H,9,11)(H,10,12). The average molecular weight is 164 g/mol. The fourth-order valence-corrected chi connectivity index (χ4v) is 1.41. The maximum Gasteiger partial charge on any atom is 0.261 e. The van der Waals surface area contributed by atoms with E-state index in [4.69, 9.17) is 0 Å². The highest BCUT2D eigenvalue weighted by Gasteiger charge is 2.22. The lowest BCUT2D eigenvalue weighted by atomic mass is 10.1. The molecule has 1 aliphatic rings. The van der Waals surface area contributed by atoms with Crippen molar-refractivity contribution in [2.45, 2.75) is 13.5 Å². The predicted octanol–water partition coefficient (Wildman–Crippen LogP) is -0.0733. The van der Waals surface area contributed by atoms with E-state index in [1.54, 1.807) is 6.92 Å². The number of H-pyrrole nitrogens is 1. The van der Waals surface area contributed by atoms with Crippen molar-refractivity contribution in [3.63, 3.8) is 0 Å². The van der Waals surface area contributed by atoms with Gasteiger partial charge in [0.25, 0.3) is 11.5 Å². The summed E-state index contributed by atoms with van der Waals surface area (Å²) in [7, 11) is 0. The summed E-state index contributed by atoms with van der Waals surface area (Å²) in [4.78, 5) is 24.9. The second-order valence-electron chi connectivity index (χ2n) is 2.86. The number of aryl methyl sites for hydroxylation is 1. The third-order valence-corrected chi connectivity index (χ3v) is 1.92. The lowest BCUT2D eigenvalue weighted by Crippen LogP contribution is -2.21. The van der Waals surface area contributed by atoms with E-state index in [1.165, 1.54) is 0 Å². The summed E-state index contributed by atoms with van der Waals surface area (Å²) >= 11 is 0. The summed E-state index contributed by atoms with van der Waals surface area (Å²) in [5.74, 6) is -0.272. The molecule has 0 aromatic carbocycles. The van der Waals surface area contributed by atoms with Crippen LogP contribution in [-0.4, -0.2) is 10.9 Å². The molecule has 2 rings (SSSR count). The zero-order valence-corrected chi connectivity index (χ0v) is 6.60. The number of carbonyl (C=O) groups excluding carboxylic acids is 1. The maximum absolute atomic E-state index is 11.2. The van der Waals surface area contributed by atoms with E-state index in [-0.39, 0.29) is 17.0 Å². The summed E-state index contributed by atoms with van der Waals surface area (Å²) < 4.78 is 0. The minimum Gasteiger partial charge on any atom is -0.348 e. The molecule has 62 valence electrons. The van der Waals surface area contributed by atoms with Crippen LogP contribution >= 0.6 is 0 Å². The van der Waals surface area contributed by atoms with Gasteiger partial charge in [0.1, 0.15) is 5.56 Å². The van der Waals surface area contributed by atoms with Gasteiger partial charge in [-0.3, -0.25) is 9.59 Å². The van der Waals surface area contributed by atoms with Gasteiger partial charge in [-0.05, 0) is 18.6 Å². The highest BCUT2D eigenvalue weighted by atomic mass is 16.2. The van der Waals surface area contributed by atoms with Crippen LogP contribution in [-0.2, 0) is 6.54 Å². The molecule has 4 nitrogen and oxygen atoms in total. The van der Waals surface area contributed by atoms with Crippen molar-refractivity contribution in [1.29, 1.82) is 0 Å². The largest absolute Gasteiger partial charge is 0.348 e. The fraction of sp³-hybridized carbons (Fsp3) is 0.250. The van der Waals surface area contributed by atoms with Crippen LogP contribution in [0.3, 0.4) is 0 Å². The number of pyridine rings is 1. The Morgan fingerprint density at radius 1 is 1.42 bits per heavy atom. The van der Waals surface area contributed by atoms with Gasteiger partial charge < -0.3 is 10.3 Å². The molecule has 0 saturated heterocycles. The van der Waals surface area contributed by atoms with Crippen molar-refractivity contribution in [1.82, 2.24) is 10.3 Å². The van der Waals surface area contributed by atoms with Crippen molar-refractivity contribution in [3.8, 4) is 0 Å². The molecule has 1 aromatic heterocycles. The maximum atomic E-state index is 11.2. The van der Waals surface area contributed by atoms with Gasteiger partial charge in [0.05, 0.1) is 0 Å². The van der Waals surface area contributed by atoms with Gasteiger partial charge in [-0.2, -0.15) is 0 Å². The predicted molar refractivity (Wildman–Crippen MR) is 43.0 cm³/mol. The third-order valence-electron chi connectivity index (χ3n) is 1.92. The van der Waals surface area contributed by atoms with Crippen LogP contribution in [0.15, 0.2) is 10.9 Å². The second kappa shape index (κ2) is 2.20. The van der Waals surface area contributed by atoms with Crippen LogP contribution < -0.4 is 10.9 Å². The molecule has 0 aliphatic carbocycles. The summed E-state index contributed by atoms with van der Waals surface area (Å²) in [5, 5.41) is 2.59. The first kappa shape index (κ1) is 7.09. The van der Waals surface area contributed by atoms with Gasteiger partial charge in [-0.1, -0.05) is 0 Å². The van der Waals surface area contributed by atoms with Crippen molar-refractivity contribution in [2.75, 3.05) is 0 Å².